The van der Waals surface area contributed by atoms with Crippen molar-refractivity contribution in [3.63, 3.8) is 0 Å². The van der Waals surface area contributed by atoms with Gasteiger partial charge in [0.1, 0.15) is 11.4 Å². The summed E-state index contributed by atoms with van der Waals surface area (Å²) in [6, 6.07) is 34.5. The van der Waals surface area contributed by atoms with Crippen molar-refractivity contribution in [1.29, 1.82) is 0 Å². The largest absolute Gasteiger partial charge is 2.00 e. The van der Waals surface area contributed by atoms with Crippen molar-refractivity contribution in [3.05, 3.63) is 164 Å². The van der Waals surface area contributed by atoms with Gasteiger partial charge in [-0.25, -0.2) is 9.97 Å². The Labute approximate surface area is 547 Å². The number of carbonyl (C=O) groups is 3. The molecule has 0 saturated heterocycles. The molecular formula is C80H96CuN4O5. The molecule has 0 atom stereocenters. The van der Waals surface area contributed by atoms with E-state index in [4.69, 9.17) is 29.4 Å². The summed E-state index contributed by atoms with van der Waals surface area (Å²) < 4.78 is 12.8. The second-order valence-corrected chi connectivity index (χ2v) is 33.3. The van der Waals surface area contributed by atoms with Crippen molar-refractivity contribution in [2.75, 3.05) is 0 Å². The molecule has 90 heavy (non-hydrogen) atoms. The van der Waals surface area contributed by atoms with Crippen molar-refractivity contribution in [3.8, 4) is 44.5 Å². The molecule has 0 aliphatic carbocycles. The van der Waals surface area contributed by atoms with E-state index in [1.54, 1.807) is 0 Å². The molecule has 4 aromatic carbocycles. The molecular weight excluding hydrogens is 1160 g/mol. The maximum Gasteiger partial charge on any atom is 2.00 e. The molecule has 2 aliphatic rings. The Hall–Kier alpha value is -7.13. The van der Waals surface area contributed by atoms with Crippen LogP contribution < -0.4 is 9.97 Å². The first-order valence-electron chi connectivity index (χ1n) is 31.6. The van der Waals surface area contributed by atoms with Crippen LogP contribution in [0.3, 0.4) is 0 Å². The minimum atomic E-state index is -2.74. The Bertz CT molecular complexity index is 4100. The number of carbonyl (C=O) groups excluding carboxylic acids is 3. The molecule has 2 aliphatic heterocycles. The van der Waals surface area contributed by atoms with Crippen molar-refractivity contribution < 1.29 is 40.9 Å². The number of fused-ring (bicyclic) bond motifs is 8. The Kier molecular flexibility index (Phi) is 17.7. The van der Waals surface area contributed by atoms with Crippen LogP contribution in [0, 0.1) is 0 Å². The third-order valence-electron chi connectivity index (χ3n) is 17.4. The molecule has 10 heteroatoms. The third-order valence-corrected chi connectivity index (χ3v) is 17.4. The van der Waals surface area contributed by atoms with Gasteiger partial charge in [0.25, 0.3) is 5.78 Å². The van der Waals surface area contributed by atoms with Crippen molar-refractivity contribution in [2.45, 2.75) is 229 Å². The molecule has 0 saturated carbocycles. The average Bonchev–Trinajstić information content (AvgIpc) is 1.55. The van der Waals surface area contributed by atoms with Gasteiger partial charge in [-0.2, -0.15) is 0 Å². The van der Waals surface area contributed by atoms with Crippen LogP contribution in [0.5, 0.6) is 0 Å². The van der Waals surface area contributed by atoms with Crippen LogP contribution in [0.15, 0.2) is 97.1 Å². The molecule has 8 bridgehead atoms. The van der Waals surface area contributed by atoms with Crippen molar-refractivity contribution >= 4 is 51.9 Å². The molecule has 3 aromatic heterocycles. The van der Waals surface area contributed by atoms with Crippen LogP contribution in [0.4, 0.5) is 0 Å². The normalized spacial score (nSPS) is 14.2. The van der Waals surface area contributed by atoms with E-state index in [1.165, 1.54) is 13.8 Å². The first-order valence-corrected chi connectivity index (χ1v) is 31.6. The van der Waals surface area contributed by atoms with Crippen LogP contribution in [-0.4, -0.2) is 27.7 Å². The van der Waals surface area contributed by atoms with Gasteiger partial charge in [0.15, 0.2) is 0 Å². The molecule has 477 valence electrons. The van der Waals surface area contributed by atoms with Gasteiger partial charge in [0.2, 0.25) is 0 Å². The summed E-state index contributed by atoms with van der Waals surface area (Å²) in [5.74, 6) is -5.30. The fourth-order valence-corrected chi connectivity index (χ4v) is 11.6. The molecule has 0 amide bonds. The van der Waals surface area contributed by atoms with Gasteiger partial charge in [-0.05, 0) is 144 Å². The quantitative estimate of drug-likeness (QED) is 0.0909. The molecule has 0 unspecified atom stereocenters. The fourth-order valence-electron chi connectivity index (χ4n) is 11.6. The Morgan fingerprint density at radius 2 is 0.589 bits per heavy atom. The van der Waals surface area contributed by atoms with Crippen LogP contribution >= 0.6 is 0 Å². The molecule has 9 rings (SSSR count). The number of ketones is 1. The van der Waals surface area contributed by atoms with E-state index in [2.05, 4.69) is 251 Å². The number of nitrogens with zero attached hydrogens (tertiary/aromatic N) is 4. The molecule has 0 fully saturated rings. The van der Waals surface area contributed by atoms with Crippen molar-refractivity contribution in [2.24, 2.45) is 0 Å². The Morgan fingerprint density at radius 1 is 0.356 bits per heavy atom. The minimum Gasteiger partial charge on any atom is -0.657 e. The van der Waals surface area contributed by atoms with E-state index >= 15 is 4.79 Å². The number of rotatable bonds is 6. The van der Waals surface area contributed by atoms with E-state index < -0.39 is 23.5 Å². The van der Waals surface area contributed by atoms with Crippen LogP contribution in [0.25, 0.3) is 78.7 Å². The van der Waals surface area contributed by atoms with Crippen LogP contribution in [0.1, 0.15) is 252 Å². The minimum absolute atomic E-state index is 0. The maximum absolute atomic E-state index is 16.8. The molecule has 9 nitrogen and oxygen atoms in total. The zero-order valence-electron chi connectivity index (χ0n) is 58.5. The van der Waals surface area contributed by atoms with E-state index in [0.29, 0.717) is 55.7 Å². The number of aromatic nitrogens is 4. The monoisotopic (exact) mass is 1260 g/mol. The third kappa shape index (κ3) is 13.7. The van der Waals surface area contributed by atoms with Crippen molar-refractivity contribution in [1.82, 2.24) is 19.9 Å². The predicted molar refractivity (Wildman–Crippen MR) is 369 cm³/mol. The predicted octanol–water partition coefficient (Wildman–Crippen LogP) is 20.0. The first-order chi connectivity index (χ1) is 40.6. The molecule has 0 spiro atoms. The maximum atomic E-state index is 16.8. The summed E-state index contributed by atoms with van der Waals surface area (Å²) in [6.45, 7) is 55.3. The van der Waals surface area contributed by atoms with Gasteiger partial charge in [0, 0.05) is 13.8 Å². The summed E-state index contributed by atoms with van der Waals surface area (Å²) in [4.78, 5) is 67.8. The average molecular weight is 1260 g/mol. The number of esters is 2. The first kappa shape index (κ1) is 68.8. The zero-order valence-corrected chi connectivity index (χ0v) is 59.5. The van der Waals surface area contributed by atoms with Crippen LogP contribution in [-0.2, 0) is 85.2 Å². The fraction of sp³-hybridized carbons (Fsp3) is 0.438. The summed E-state index contributed by atoms with van der Waals surface area (Å²) >= 11 is 0. The molecule has 0 N–H and O–H groups in total. The van der Waals surface area contributed by atoms with Gasteiger partial charge in [-0.15, -0.1) is 22.1 Å². The van der Waals surface area contributed by atoms with E-state index in [-0.39, 0.29) is 71.8 Å². The van der Waals surface area contributed by atoms with E-state index in [9.17, 15) is 9.59 Å². The topological polar surface area (TPSA) is 124 Å². The SMILES string of the molecule is CC(=O)OC1(OC(C)=O)C(=O)c2nc1c(-c1cc(C(C)(C)C)cc(C(C)(C)C)c1)c1ccc([n-]1)c(-c1cc(C(C)(C)C)cc(C(C)(C)C)c1)c1nc(c(-c3cc(C(C)(C)C)cc(C(C)(C)C)c3)c3ccc([n-]3)c2-c2cc(C(C)(C)C)cc(C(C)(C)C)c2)C=C1.[Cu+2]. The van der Waals surface area contributed by atoms with E-state index in [1.807, 2.05) is 24.3 Å². The van der Waals surface area contributed by atoms with Gasteiger partial charge in [-0.3, -0.25) is 14.4 Å². The van der Waals surface area contributed by atoms with E-state index in [0.717, 1.165) is 66.8 Å². The second-order valence-electron chi connectivity index (χ2n) is 33.3. The number of ether oxygens (including phenoxy) is 2. The Balaban J connectivity index is 0.0000105. The Morgan fingerprint density at radius 3 is 0.844 bits per heavy atom. The number of Topliss-reactive ketones (excluding diaryl/α,β-unsaturated/α-hetero) is 1. The summed E-state index contributed by atoms with van der Waals surface area (Å²) in [7, 11) is 0. The second kappa shape index (κ2) is 23.2. The zero-order chi connectivity index (χ0) is 66.1. The van der Waals surface area contributed by atoms with Gasteiger partial charge in [-0.1, -0.05) is 263 Å². The van der Waals surface area contributed by atoms with Gasteiger partial charge in [0.05, 0.1) is 11.4 Å². The number of benzene rings is 4. The van der Waals surface area contributed by atoms with Gasteiger partial charge < -0.3 is 19.4 Å². The molecule has 1 radical (unpaired) electrons. The summed E-state index contributed by atoms with van der Waals surface area (Å²) in [6.07, 6.45) is 4.21. The summed E-state index contributed by atoms with van der Waals surface area (Å²) in [5, 5.41) is 0. The molecule has 7 aromatic rings. The smallest absolute Gasteiger partial charge is 0.657 e. The number of hydrogen-bond donors (Lipinski definition) is 0. The van der Waals surface area contributed by atoms with Crippen LogP contribution in [0.2, 0.25) is 0 Å². The summed E-state index contributed by atoms with van der Waals surface area (Å²) in [5.41, 5.74) is 15.0. The van der Waals surface area contributed by atoms with Gasteiger partial charge >= 0.3 is 34.8 Å². The standard InChI is InChI=1S/C80H97N4O5.Cu/c1-45(85)88-80(89-46(2)86)70-68(50-39-57(78(21,22)23)44-58(40-50)79(24,25)26)64-32-30-62(83-64)66(48-35-53(74(9,10)11)42-54(36-48)75(12,13)14)60-28-27-59(81-60)65(47-33-51(72(3,4)5)41-52(34-47)73(6,7)8)61-29-31-63(82-61)67(69(84-70)71(80)87)49-37-55(76(15,16)17)43-56(38-49)77(18,19)20;/h27-44H,1-26H3,(H-,81,82,83,84,87);/q-1;+2/p-1. The number of hydrogen-bond acceptors (Lipinski definition) is 7. The molecule has 5 heterocycles.